The number of hydrogen-bond donors (Lipinski definition) is 1. The monoisotopic (exact) mass is 456 g/mol. The van der Waals surface area contributed by atoms with Gasteiger partial charge in [0.05, 0.1) is 6.61 Å². The number of hydrogen-bond acceptors (Lipinski definition) is 3. The van der Waals surface area contributed by atoms with E-state index < -0.39 is 12.1 Å². The summed E-state index contributed by atoms with van der Waals surface area (Å²) in [6.45, 7) is 5.08. The van der Waals surface area contributed by atoms with Gasteiger partial charge in [-0.1, -0.05) is 80.3 Å². The van der Waals surface area contributed by atoms with E-state index in [1.54, 1.807) is 0 Å². The number of ether oxygens (including phenoxy) is 2. The van der Waals surface area contributed by atoms with Crippen molar-refractivity contribution in [3.8, 4) is 17.6 Å². The van der Waals surface area contributed by atoms with E-state index in [9.17, 15) is 4.79 Å². The van der Waals surface area contributed by atoms with E-state index in [-0.39, 0.29) is 5.41 Å². The molecule has 0 unspecified atom stereocenters. The SMILES string of the molecule is CO[C@@H](Cc1ccc(C#CCCCOc2ccc(C(C)(C)c3ccccc3)cc2)cc1)C(=O)O. The molecule has 0 bridgehead atoms. The Morgan fingerprint density at radius 2 is 1.59 bits per heavy atom. The summed E-state index contributed by atoms with van der Waals surface area (Å²) in [6, 6.07) is 26.5. The van der Waals surface area contributed by atoms with E-state index in [1.807, 2.05) is 42.5 Å². The zero-order chi connectivity index (χ0) is 24.4. The average molecular weight is 457 g/mol. The van der Waals surface area contributed by atoms with E-state index in [1.165, 1.54) is 18.2 Å². The maximum Gasteiger partial charge on any atom is 0.333 e. The first-order valence-corrected chi connectivity index (χ1v) is 11.5. The van der Waals surface area contributed by atoms with Crippen LogP contribution in [0, 0.1) is 11.8 Å². The van der Waals surface area contributed by atoms with Crippen molar-refractivity contribution in [3.63, 3.8) is 0 Å². The summed E-state index contributed by atoms with van der Waals surface area (Å²) in [7, 11) is 1.41. The van der Waals surface area contributed by atoms with Crippen LogP contribution in [0.4, 0.5) is 0 Å². The predicted octanol–water partition coefficient (Wildman–Crippen LogP) is 5.87. The van der Waals surface area contributed by atoms with Crippen molar-refractivity contribution in [2.45, 2.75) is 44.6 Å². The fourth-order valence-electron chi connectivity index (χ4n) is 3.71. The third kappa shape index (κ3) is 6.97. The van der Waals surface area contributed by atoms with Crippen molar-refractivity contribution in [2.24, 2.45) is 0 Å². The highest BCUT2D eigenvalue weighted by atomic mass is 16.5. The van der Waals surface area contributed by atoms with Crippen LogP contribution >= 0.6 is 0 Å². The molecule has 0 aliphatic carbocycles. The molecule has 3 rings (SSSR count). The molecule has 0 heterocycles. The molecule has 0 saturated heterocycles. The number of methoxy groups -OCH3 is 1. The second-order valence-electron chi connectivity index (χ2n) is 8.73. The molecule has 1 atom stereocenters. The van der Waals surface area contributed by atoms with Crippen LogP contribution < -0.4 is 4.74 Å². The molecule has 0 aromatic heterocycles. The summed E-state index contributed by atoms with van der Waals surface area (Å²) in [5, 5.41) is 9.08. The largest absolute Gasteiger partial charge is 0.494 e. The molecule has 4 heteroatoms. The Labute approximate surface area is 202 Å². The average Bonchev–Trinajstić information content (AvgIpc) is 2.86. The van der Waals surface area contributed by atoms with Crippen LogP contribution in [-0.4, -0.2) is 30.9 Å². The number of carboxylic acid groups (broad SMARTS) is 1. The van der Waals surface area contributed by atoms with Crippen LogP contribution in [0.3, 0.4) is 0 Å². The smallest absolute Gasteiger partial charge is 0.333 e. The molecule has 0 radical (unpaired) electrons. The van der Waals surface area contributed by atoms with E-state index in [2.05, 4.69) is 62.1 Å². The summed E-state index contributed by atoms with van der Waals surface area (Å²) >= 11 is 0. The lowest BCUT2D eigenvalue weighted by Crippen LogP contribution is -2.24. The molecule has 0 amide bonds. The molecule has 0 fully saturated rings. The van der Waals surface area contributed by atoms with Crippen LogP contribution in [0.25, 0.3) is 0 Å². The van der Waals surface area contributed by atoms with Crippen molar-refractivity contribution in [1.82, 2.24) is 0 Å². The van der Waals surface area contributed by atoms with Gasteiger partial charge in [0, 0.05) is 30.9 Å². The molecular weight excluding hydrogens is 424 g/mol. The molecule has 1 N–H and O–H groups in total. The second kappa shape index (κ2) is 12.1. The number of aliphatic carboxylic acids is 1. The van der Waals surface area contributed by atoms with Gasteiger partial charge in [0.1, 0.15) is 5.75 Å². The number of benzene rings is 3. The van der Waals surface area contributed by atoms with Crippen LogP contribution in [-0.2, 0) is 21.4 Å². The van der Waals surface area contributed by atoms with E-state index in [0.29, 0.717) is 13.0 Å². The van der Waals surface area contributed by atoms with Crippen molar-refractivity contribution in [2.75, 3.05) is 13.7 Å². The molecule has 0 aliphatic heterocycles. The lowest BCUT2D eigenvalue weighted by atomic mass is 9.78. The van der Waals surface area contributed by atoms with Crippen molar-refractivity contribution < 1.29 is 19.4 Å². The minimum Gasteiger partial charge on any atom is -0.494 e. The normalized spacial score (nSPS) is 11.9. The number of carbonyl (C=O) groups is 1. The first-order valence-electron chi connectivity index (χ1n) is 11.5. The van der Waals surface area contributed by atoms with Gasteiger partial charge >= 0.3 is 5.97 Å². The standard InChI is InChI=1S/C30H32O4/c1-30(2,25-11-7-4-8-12-25)26-17-19-27(20-18-26)34-21-9-5-6-10-23-13-15-24(16-14-23)22-28(33-3)29(31)32/h4,7-8,11-20,28H,5,9,21-22H2,1-3H3,(H,31,32)/t28-/m0/s1. The fraction of sp³-hybridized carbons (Fsp3) is 0.300. The Bertz CT molecular complexity index is 1100. The van der Waals surface area contributed by atoms with Crippen molar-refractivity contribution in [1.29, 1.82) is 0 Å². The molecule has 176 valence electrons. The topological polar surface area (TPSA) is 55.8 Å². The van der Waals surface area contributed by atoms with Gasteiger partial charge in [-0.25, -0.2) is 4.79 Å². The quantitative estimate of drug-likeness (QED) is 0.306. The second-order valence-corrected chi connectivity index (χ2v) is 8.73. The lowest BCUT2D eigenvalue weighted by Gasteiger charge is -2.26. The molecule has 34 heavy (non-hydrogen) atoms. The summed E-state index contributed by atoms with van der Waals surface area (Å²) in [6.07, 6.45) is 1.09. The van der Waals surface area contributed by atoms with Gasteiger partial charge in [-0.3, -0.25) is 0 Å². The first-order chi connectivity index (χ1) is 16.4. The van der Waals surface area contributed by atoms with Crippen LogP contribution in [0.15, 0.2) is 78.9 Å². The number of unbranched alkanes of at least 4 members (excludes halogenated alkanes) is 1. The molecule has 0 spiro atoms. The maximum absolute atomic E-state index is 11.1. The minimum absolute atomic E-state index is 0.0602. The lowest BCUT2D eigenvalue weighted by molar-refractivity contribution is -0.148. The zero-order valence-electron chi connectivity index (χ0n) is 20.1. The summed E-state index contributed by atoms with van der Waals surface area (Å²) in [5.41, 5.74) is 4.30. The summed E-state index contributed by atoms with van der Waals surface area (Å²) in [4.78, 5) is 11.1. The predicted molar refractivity (Wildman–Crippen MR) is 135 cm³/mol. The Balaban J connectivity index is 1.43. The third-order valence-corrected chi connectivity index (χ3v) is 5.95. The summed E-state index contributed by atoms with van der Waals surface area (Å²) < 4.78 is 10.9. The Morgan fingerprint density at radius 3 is 2.21 bits per heavy atom. The van der Waals surface area contributed by atoms with Gasteiger partial charge in [-0.05, 0) is 47.4 Å². The molecule has 3 aromatic carbocycles. The van der Waals surface area contributed by atoms with Gasteiger partial charge in [0.2, 0.25) is 0 Å². The molecular formula is C30H32O4. The van der Waals surface area contributed by atoms with Crippen LogP contribution in [0.1, 0.15) is 48.9 Å². The van der Waals surface area contributed by atoms with Gasteiger partial charge < -0.3 is 14.6 Å². The molecule has 0 aliphatic rings. The summed E-state index contributed by atoms with van der Waals surface area (Å²) in [5.74, 6) is 6.23. The Morgan fingerprint density at radius 1 is 0.941 bits per heavy atom. The van der Waals surface area contributed by atoms with Gasteiger partial charge in [-0.15, -0.1) is 0 Å². The minimum atomic E-state index is -0.958. The van der Waals surface area contributed by atoms with Crippen molar-refractivity contribution in [3.05, 3.63) is 101 Å². The highest BCUT2D eigenvalue weighted by Crippen LogP contribution is 2.32. The van der Waals surface area contributed by atoms with Crippen LogP contribution in [0.2, 0.25) is 0 Å². The first kappa shape index (κ1) is 25.1. The van der Waals surface area contributed by atoms with E-state index in [0.717, 1.165) is 29.7 Å². The van der Waals surface area contributed by atoms with Gasteiger partial charge in [0.25, 0.3) is 0 Å². The Hall–Kier alpha value is -3.55. The highest BCUT2D eigenvalue weighted by Gasteiger charge is 2.22. The van der Waals surface area contributed by atoms with Crippen molar-refractivity contribution >= 4 is 5.97 Å². The third-order valence-electron chi connectivity index (χ3n) is 5.95. The fourth-order valence-corrected chi connectivity index (χ4v) is 3.71. The Kier molecular flexibility index (Phi) is 8.90. The molecule has 0 saturated carbocycles. The number of carboxylic acids is 1. The number of rotatable bonds is 10. The molecule has 3 aromatic rings. The van der Waals surface area contributed by atoms with Gasteiger partial charge in [0.15, 0.2) is 6.10 Å². The maximum atomic E-state index is 11.1. The van der Waals surface area contributed by atoms with Crippen LogP contribution in [0.5, 0.6) is 5.75 Å². The highest BCUT2D eigenvalue weighted by molar-refractivity contribution is 5.72. The zero-order valence-corrected chi connectivity index (χ0v) is 20.1. The van der Waals surface area contributed by atoms with Gasteiger partial charge in [-0.2, -0.15) is 0 Å². The molecule has 4 nitrogen and oxygen atoms in total. The van der Waals surface area contributed by atoms with E-state index >= 15 is 0 Å². The van der Waals surface area contributed by atoms with E-state index in [4.69, 9.17) is 14.6 Å².